The SMILES string of the molecule is O=C(CC1CCCc2ccccc21)NC1CCNCC1. The molecule has 0 aromatic heterocycles. The van der Waals surface area contributed by atoms with Gasteiger partial charge >= 0.3 is 0 Å². The van der Waals surface area contributed by atoms with Crippen LogP contribution in [0.2, 0.25) is 0 Å². The van der Waals surface area contributed by atoms with Crippen LogP contribution in [0, 0.1) is 0 Å². The second kappa shape index (κ2) is 6.40. The van der Waals surface area contributed by atoms with Gasteiger partial charge in [0.05, 0.1) is 0 Å². The number of carbonyl (C=O) groups excluding carboxylic acids is 1. The van der Waals surface area contributed by atoms with Gasteiger partial charge in [0.1, 0.15) is 0 Å². The number of fused-ring (bicyclic) bond motifs is 1. The predicted molar refractivity (Wildman–Crippen MR) is 80.8 cm³/mol. The van der Waals surface area contributed by atoms with Crippen molar-refractivity contribution in [2.45, 2.75) is 50.5 Å². The highest BCUT2D eigenvalue weighted by Crippen LogP contribution is 2.33. The molecular formula is C17H24N2O. The number of piperidine rings is 1. The molecule has 3 rings (SSSR count). The van der Waals surface area contributed by atoms with Crippen LogP contribution in [0.3, 0.4) is 0 Å². The minimum atomic E-state index is 0.235. The van der Waals surface area contributed by atoms with Gasteiger partial charge in [0, 0.05) is 12.5 Å². The van der Waals surface area contributed by atoms with Crippen LogP contribution in [0.25, 0.3) is 0 Å². The molecule has 3 nitrogen and oxygen atoms in total. The molecule has 1 aromatic rings. The summed E-state index contributed by atoms with van der Waals surface area (Å²) < 4.78 is 0. The average molecular weight is 272 g/mol. The monoisotopic (exact) mass is 272 g/mol. The molecule has 1 fully saturated rings. The maximum Gasteiger partial charge on any atom is 0.220 e. The van der Waals surface area contributed by atoms with Crippen LogP contribution in [0.5, 0.6) is 0 Å². The van der Waals surface area contributed by atoms with E-state index < -0.39 is 0 Å². The molecule has 3 heteroatoms. The highest BCUT2D eigenvalue weighted by Gasteiger charge is 2.23. The Morgan fingerprint density at radius 3 is 2.85 bits per heavy atom. The summed E-state index contributed by atoms with van der Waals surface area (Å²) in [4.78, 5) is 12.3. The Kier molecular flexibility index (Phi) is 4.36. The number of benzene rings is 1. The Morgan fingerprint density at radius 1 is 1.20 bits per heavy atom. The predicted octanol–water partition coefficient (Wildman–Crippen LogP) is 2.36. The molecule has 2 aliphatic rings. The molecule has 1 unspecified atom stereocenters. The lowest BCUT2D eigenvalue weighted by Crippen LogP contribution is -2.43. The maximum atomic E-state index is 12.3. The third-order valence-electron chi connectivity index (χ3n) is 4.63. The zero-order valence-corrected chi connectivity index (χ0v) is 12.0. The Morgan fingerprint density at radius 2 is 2.00 bits per heavy atom. The lowest BCUT2D eigenvalue weighted by atomic mass is 9.81. The molecule has 1 amide bonds. The summed E-state index contributed by atoms with van der Waals surface area (Å²) >= 11 is 0. The number of hydrogen-bond donors (Lipinski definition) is 2. The molecular weight excluding hydrogens is 248 g/mol. The molecule has 108 valence electrons. The largest absolute Gasteiger partial charge is 0.353 e. The van der Waals surface area contributed by atoms with Crippen LogP contribution < -0.4 is 10.6 Å². The van der Waals surface area contributed by atoms with Gasteiger partial charge in [-0.3, -0.25) is 4.79 Å². The Bertz CT molecular complexity index is 466. The van der Waals surface area contributed by atoms with Gasteiger partial charge in [-0.25, -0.2) is 0 Å². The second-order valence-electron chi connectivity index (χ2n) is 6.08. The van der Waals surface area contributed by atoms with E-state index in [0.717, 1.165) is 32.4 Å². The van der Waals surface area contributed by atoms with Gasteiger partial charge in [0.15, 0.2) is 0 Å². The van der Waals surface area contributed by atoms with Crippen molar-refractivity contribution < 1.29 is 4.79 Å². The van der Waals surface area contributed by atoms with Crippen LogP contribution in [0.1, 0.15) is 49.1 Å². The van der Waals surface area contributed by atoms with Crippen molar-refractivity contribution in [3.8, 4) is 0 Å². The first-order valence-electron chi connectivity index (χ1n) is 7.91. The third-order valence-corrected chi connectivity index (χ3v) is 4.63. The first-order valence-corrected chi connectivity index (χ1v) is 7.91. The topological polar surface area (TPSA) is 41.1 Å². The normalized spacial score (nSPS) is 23.1. The highest BCUT2D eigenvalue weighted by atomic mass is 16.1. The van der Waals surface area contributed by atoms with E-state index in [2.05, 4.69) is 34.9 Å². The highest BCUT2D eigenvalue weighted by molar-refractivity contribution is 5.77. The minimum absolute atomic E-state index is 0.235. The van der Waals surface area contributed by atoms with Gasteiger partial charge in [-0.15, -0.1) is 0 Å². The summed E-state index contributed by atoms with van der Waals surface area (Å²) in [6.45, 7) is 2.05. The van der Waals surface area contributed by atoms with Crippen LogP contribution in [-0.2, 0) is 11.2 Å². The fourth-order valence-corrected chi connectivity index (χ4v) is 3.54. The van der Waals surface area contributed by atoms with Crippen LogP contribution in [0.15, 0.2) is 24.3 Å². The van der Waals surface area contributed by atoms with E-state index in [0.29, 0.717) is 18.4 Å². The smallest absolute Gasteiger partial charge is 0.220 e. The van der Waals surface area contributed by atoms with Crippen molar-refractivity contribution in [2.75, 3.05) is 13.1 Å². The van der Waals surface area contributed by atoms with E-state index in [1.165, 1.54) is 24.0 Å². The zero-order valence-electron chi connectivity index (χ0n) is 12.0. The van der Waals surface area contributed by atoms with Gasteiger partial charge in [-0.2, -0.15) is 0 Å². The van der Waals surface area contributed by atoms with Gasteiger partial charge in [-0.1, -0.05) is 24.3 Å². The molecule has 1 aromatic carbocycles. The van der Waals surface area contributed by atoms with E-state index in [4.69, 9.17) is 0 Å². The van der Waals surface area contributed by atoms with Gasteiger partial charge in [-0.05, 0) is 62.2 Å². The molecule has 1 atom stereocenters. The number of nitrogens with one attached hydrogen (secondary N) is 2. The van der Waals surface area contributed by atoms with Crippen molar-refractivity contribution in [1.29, 1.82) is 0 Å². The van der Waals surface area contributed by atoms with Crippen LogP contribution >= 0.6 is 0 Å². The number of carbonyl (C=O) groups is 1. The summed E-state index contributed by atoms with van der Waals surface area (Å²) in [5.74, 6) is 0.653. The number of amides is 1. The maximum absolute atomic E-state index is 12.3. The summed E-state index contributed by atoms with van der Waals surface area (Å²) in [7, 11) is 0. The molecule has 2 N–H and O–H groups in total. The lowest BCUT2D eigenvalue weighted by molar-refractivity contribution is -0.122. The van der Waals surface area contributed by atoms with E-state index in [1.54, 1.807) is 0 Å². The fraction of sp³-hybridized carbons (Fsp3) is 0.588. The molecule has 0 bridgehead atoms. The number of aryl methyl sites for hydroxylation is 1. The summed E-state index contributed by atoms with van der Waals surface area (Å²) in [5.41, 5.74) is 2.85. The van der Waals surface area contributed by atoms with Crippen molar-refractivity contribution >= 4 is 5.91 Å². The molecule has 20 heavy (non-hydrogen) atoms. The fourth-order valence-electron chi connectivity index (χ4n) is 3.54. The quantitative estimate of drug-likeness (QED) is 0.887. The third kappa shape index (κ3) is 3.21. The first-order chi connectivity index (χ1) is 9.83. The molecule has 1 aliphatic carbocycles. The number of hydrogen-bond acceptors (Lipinski definition) is 2. The zero-order chi connectivity index (χ0) is 13.8. The summed E-state index contributed by atoms with van der Waals surface area (Å²) in [6, 6.07) is 9.00. The van der Waals surface area contributed by atoms with Crippen LogP contribution in [-0.4, -0.2) is 25.0 Å². The van der Waals surface area contributed by atoms with Crippen molar-refractivity contribution in [1.82, 2.24) is 10.6 Å². The molecule has 0 spiro atoms. The minimum Gasteiger partial charge on any atom is -0.353 e. The van der Waals surface area contributed by atoms with Gasteiger partial charge in [0.25, 0.3) is 0 Å². The lowest BCUT2D eigenvalue weighted by Gasteiger charge is -2.27. The molecule has 1 aliphatic heterocycles. The van der Waals surface area contributed by atoms with E-state index in [1.807, 2.05) is 0 Å². The molecule has 0 saturated carbocycles. The van der Waals surface area contributed by atoms with Crippen LogP contribution in [0.4, 0.5) is 0 Å². The van der Waals surface area contributed by atoms with E-state index in [-0.39, 0.29) is 5.91 Å². The summed E-state index contributed by atoms with van der Waals surface area (Å²) in [5, 5.41) is 6.55. The van der Waals surface area contributed by atoms with Gasteiger partial charge < -0.3 is 10.6 Å². The summed E-state index contributed by atoms with van der Waals surface area (Å²) in [6.07, 6.45) is 6.31. The average Bonchev–Trinajstić information content (AvgIpc) is 2.48. The number of rotatable bonds is 3. The van der Waals surface area contributed by atoms with Crippen molar-refractivity contribution in [3.63, 3.8) is 0 Å². The molecule has 1 saturated heterocycles. The second-order valence-corrected chi connectivity index (χ2v) is 6.08. The van der Waals surface area contributed by atoms with Crippen molar-refractivity contribution in [3.05, 3.63) is 35.4 Å². The van der Waals surface area contributed by atoms with Crippen molar-refractivity contribution in [2.24, 2.45) is 0 Å². The Balaban J connectivity index is 1.59. The molecule has 1 heterocycles. The van der Waals surface area contributed by atoms with E-state index >= 15 is 0 Å². The van der Waals surface area contributed by atoms with Gasteiger partial charge in [0.2, 0.25) is 5.91 Å². The Hall–Kier alpha value is -1.35. The standard InChI is InChI=1S/C17H24N2O/c20-17(19-15-8-10-18-11-9-15)12-14-6-3-5-13-4-1-2-7-16(13)14/h1-2,4,7,14-15,18H,3,5-6,8-12H2,(H,19,20). The molecule has 0 radical (unpaired) electrons. The Labute approximate surface area is 121 Å². The van der Waals surface area contributed by atoms with E-state index in [9.17, 15) is 4.79 Å². The first kappa shape index (κ1) is 13.6.